The van der Waals surface area contributed by atoms with Gasteiger partial charge in [0, 0.05) is 17.8 Å². The molecule has 0 bridgehead atoms. The summed E-state index contributed by atoms with van der Waals surface area (Å²) in [5.41, 5.74) is 1.06. The molecule has 0 amide bonds. The van der Waals surface area contributed by atoms with E-state index in [1.807, 2.05) is 24.3 Å². The van der Waals surface area contributed by atoms with Crippen molar-refractivity contribution < 1.29 is 24.7 Å². The van der Waals surface area contributed by atoms with E-state index in [2.05, 4.69) is 4.98 Å². The number of nitro groups is 1. The molecule has 1 heterocycles. The summed E-state index contributed by atoms with van der Waals surface area (Å²) in [6.07, 6.45) is 1.47. The molecule has 0 N–H and O–H groups in total. The van der Waals surface area contributed by atoms with Crippen LogP contribution in [-0.4, -0.2) is 23.0 Å². The van der Waals surface area contributed by atoms with Gasteiger partial charge in [0.25, 0.3) is 5.69 Å². The SMILES string of the molecule is COc1cc(/C=C(\CCC(=O)[O-])c2nc3ccccc3s2)cc([N+](=O)[O-])c1[O-]. The lowest BCUT2D eigenvalue weighted by atomic mass is 10.1. The van der Waals surface area contributed by atoms with E-state index in [0.717, 1.165) is 16.3 Å². The first-order valence-corrected chi connectivity index (χ1v) is 9.00. The standard InChI is InChI=1S/C19H16N2O6S/c1-27-15-10-11(9-14(18(15)24)21(25)26)8-12(6-7-17(22)23)19-20-13-4-2-3-5-16(13)28-19/h2-5,8-10,24H,6-7H2,1H3,(H,22,23)/p-2/b12-8+. The number of fused-ring (bicyclic) bond motifs is 1. The van der Waals surface area contributed by atoms with Gasteiger partial charge in [0.15, 0.2) is 0 Å². The summed E-state index contributed by atoms with van der Waals surface area (Å²) < 4.78 is 5.87. The van der Waals surface area contributed by atoms with Crippen LogP contribution in [0.4, 0.5) is 5.69 Å². The Bertz CT molecular complexity index is 1060. The highest BCUT2D eigenvalue weighted by Crippen LogP contribution is 2.37. The number of aliphatic carboxylic acids is 1. The van der Waals surface area contributed by atoms with Gasteiger partial charge in [0.1, 0.15) is 10.8 Å². The number of carboxylic acids is 1. The Morgan fingerprint density at radius 2 is 2.04 bits per heavy atom. The van der Waals surface area contributed by atoms with Crippen LogP contribution in [0, 0.1) is 10.1 Å². The molecule has 0 aliphatic rings. The molecule has 0 spiro atoms. The normalized spacial score (nSPS) is 11.5. The van der Waals surface area contributed by atoms with Gasteiger partial charge in [0.2, 0.25) is 0 Å². The van der Waals surface area contributed by atoms with Crippen LogP contribution < -0.4 is 14.9 Å². The summed E-state index contributed by atoms with van der Waals surface area (Å²) in [5.74, 6) is -2.20. The lowest BCUT2D eigenvalue weighted by Crippen LogP contribution is -2.21. The molecule has 0 radical (unpaired) electrons. The zero-order valence-electron chi connectivity index (χ0n) is 14.7. The molecule has 0 fully saturated rings. The number of ether oxygens (including phenoxy) is 1. The van der Waals surface area contributed by atoms with E-state index in [4.69, 9.17) is 4.74 Å². The van der Waals surface area contributed by atoms with Crippen LogP contribution in [0.3, 0.4) is 0 Å². The lowest BCUT2D eigenvalue weighted by Gasteiger charge is -2.14. The van der Waals surface area contributed by atoms with Gasteiger partial charge in [-0.2, -0.15) is 0 Å². The molecular weight excluding hydrogens is 384 g/mol. The lowest BCUT2D eigenvalue weighted by molar-refractivity contribution is -0.398. The first kappa shape index (κ1) is 19.3. The number of nitro benzene ring substituents is 1. The fourth-order valence-electron chi connectivity index (χ4n) is 2.67. The second-order valence-corrected chi connectivity index (χ2v) is 6.89. The van der Waals surface area contributed by atoms with E-state index in [-0.39, 0.29) is 18.6 Å². The summed E-state index contributed by atoms with van der Waals surface area (Å²) in [5, 5.41) is 34.7. The van der Waals surface area contributed by atoms with Gasteiger partial charge in [-0.1, -0.05) is 12.1 Å². The number of para-hydroxylation sites is 1. The van der Waals surface area contributed by atoms with E-state index in [9.17, 15) is 25.1 Å². The number of thiazole rings is 1. The fraction of sp³-hybridized carbons (Fsp3) is 0.158. The topological polar surface area (TPSA) is 128 Å². The van der Waals surface area contributed by atoms with E-state index >= 15 is 0 Å². The maximum absolute atomic E-state index is 12.0. The largest absolute Gasteiger partial charge is 0.865 e. The number of benzene rings is 2. The van der Waals surface area contributed by atoms with Crippen molar-refractivity contribution in [2.75, 3.05) is 7.11 Å². The maximum Gasteiger partial charge on any atom is 0.266 e. The quantitative estimate of drug-likeness (QED) is 0.441. The Hall–Kier alpha value is -3.46. The van der Waals surface area contributed by atoms with Gasteiger partial charge in [-0.15, -0.1) is 11.3 Å². The number of carboxylic acid groups (broad SMARTS) is 1. The van der Waals surface area contributed by atoms with Crippen LogP contribution in [0.25, 0.3) is 21.9 Å². The van der Waals surface area contributed by atoms with Crippen molar-refractivity contribution >= 4 is 44.9 Å². The van der Waals surface area contributed by atoms with E-state index in [1.54, 1.807) is 6.08 Å². The average molecular weight is 398 g/mol. The minimum atomic E-state index is -1.22. The predicted molar refractivity (Wildman–Crippen MR) is 101 cm³/mol. The van der Waals surface area contributed by atoms with Crippen LogP contribution >= 0.6 is 11.3 Å². The van der Waals surface area contributed by atoms with Crippen LogP contribution in [0.5, 0.6) is 11.5 Å². The molecule has 3 aromatic rings. The third kappa shape index (κ3) is 4.09. The fourth-order valence-corrected chi connectivity index (χ4v) is 3.68. The summed E-state index contributed by atoms with van der Waals surface area (Å²) in [6.45, 7) is 0. The first-order chi connectivity index (χ1) is 13.4. The molecule has 3 rings (SSSR count). The van der Waals surface area contributed by atoms with Gasteiger partial charge in [0.05, 0.1) is 22.2 Å². The number of carbonyl (C=O) groups excluding carboxylic acids is 1. The van der Waals surface area contributed by atoms with Crippen LogP contribution in [0.2, 0.25) is 0 Å². The van der Waals surface area contributed by atoms with Gasteiger partial charge >= 0.3 is 0 Å². The number of hydrogen-bond acceptors (Lipinski definition) is 8. The zero-order valence-corrected chi connectivity index (χ0v) is 15.5. The molecule has 8 nitrogen and oxygen atoms in total. The van der Waals surface area contributed by atoms with Crippen molar-refractivity contribution in [3.8, 4) is 11.5 Å². The van der Waals surface area contributed by atoms with Crippen LogP contribution in [0.15, 0.2) is 36.4 Å². The van der Waals surface area contributed by atoms with E-state index in [0.29, 0.717) is 16.1 Å². The summed E-state index contributed by atoms with van der Waals surface area (Å²) in [7, 11) is 1.25. The minimum Gasteiger partial charge on any atom is -0.865 e. The molecular formula is C19H14N2O6S-2. The second kappa shape index (κ2) is 8.05. The molecule has 1 aromatic heterocycles. The second-order valence-electron chi connectivity index (χ2n) is 5.86. The number of nitrogens with zero attached hydrogens (tertiary/aromatic N) is 2. The highest BCUT2D eigenvalue weighted by atomic mass is 32.1. The first-order valence-electron chi connectivity index (χ1n) is 8.19. The van der Waals surface area contributed by atoms with Crippen LogP contribution in [0.1, 0.15) is 23.4 Å². The summed E-state index contributed by atoms with van der Waals surface area (Å²) in [6, 6.07) is 9.96. The van der Waals surface area contributed by atoms with Gasteiger partial charge in [-0.25, -0.2) is 4.98 Å². The third-order valence-corrected chi connectivity index (χ3v) is 5.09. The van der Waals surface area contributed by atoms with E-state index in [1.165, 1.54) is 24.5 Å². The molecule has 2 aromatic carbocycles. The van der Waals surface area contributed by atoms with Crippen molar-refractivity contribution in [2.45, 2.75) is 12.8 Å². The molecule has 0 aliphatic carbocycles. The highest BCUT2D eigenvalue weighted by molar-refractivity contribution is 7.19. The number of allylic oxidation sites excluding steroid dienone is 1. The average Bonchev–Trinajstić information content (AvgIpc) is 3.09. The van der Waals surface area contributed by atoms with Gasteiger partial charge in [-0.05, 0) is 48.3 Å². The summed E-state index contributed by atoms with van der Waals surface area (Å²) in [4.78, 5) is 25.8. The minimum absolute atomic E-state index is 0.122. The number of methoxy groups -OCH3 is 1. The Labute approximate surface area is 163 Å². The highest BCUT2D eigenvalue weighted by Gasteiger charge is 2.15. The molecule has 0 saturated carbocycles. The Kier molecular flexibility index (Phi) is 5.55. The molecule has 0 aliphatic heterocycles. The molecule has 0 unspecified atom stereocenters. The van der Waals surface area contributed by atoms with E-state index < -0.39 is 22.3 Å². The number of aromatic nitrogens is 1. The Morgan fingerprint density at radius 3 is 2.68 bits per heavy atom. The molecule has 0 atom stereocenters. The maximum atomic E-state index is 12.0. The molecule has 28 heavy (non-hydrogen) atoms. The molecule has 9 heteroatoms. The van der Waals surface area contributed by atoms with Crippen molar-refractivity contribution in [1.82, 2.24) is 4.98 Å². The molecule has 0 saturated heterocycles. The predicted octanol–water partition coefficient (Wildman–Crippen LogP) is 2.36. The number of carbonyl (C=O) groups is 1. The van der Waals surface area contributed by atoms with Gasteiger partial charge in [-0.3, -0.25) is 10.1 Å². The van der Waals surface area contributed by atoms with Crippen molar-refractivity contribution in [3.05, 3.63) is 57.1 Å². The summed E-state index contributed by atoms with van der Waals surface area (Å²) >= 11 is 1.38. The molecule has 144 valence electrons. The number of rotatable bonds is 7. The Morgan fingerprint density at radius 1 is 1.29 bits per heavy atom. The Balaban J connectivity index is 2.12. The third-order valence-electron chi connectivity index (χ3n) is 3.98. The van der Waals surface area contributed by atoms with Crippen molar-refractivity contribution in [2.24, 2.45) is 0 Å². The smallest absolute Gasteiger partial charge is 0.266 e. The van der Waals surface area contributed by atoms with Crippen molar-refractivity contribution in [3.63, 3.8) is 0 Å². The van der Waals surface area contributed by atoms with Crippen molar-refractivity contribution in [1.29, 1.82) is 0 Å². The van der Waals surface area contributed by atoms with Gasteiger partial charge < -0.3 is 19.7 Å². The monoisotopic (exact) mass is 398 g/mol. The zero-order chi connectivity index (χ0) is 20.3. The number of hydrogen-bond donors (Lipinski definition) is 0. The van der Waals surface area contributed by atoms with Crippen LogP contribution in [-0.2, 0) is 4.79 Å².